The lowest BCUT2D eigenvalue weighted by atomic mass is 9.97. The first-order chi connectivity index (χ1) is 11.9. The van der Waals surface area contributed by atoms with Crippen LogP contribution in [0.4, 0.5) is 0 Å². The van der Waals surface area contributed by atoms with Crippen molar-refractivity contribution in [2.24, 2.45) is 5.92 Å². The van der Waals surface area contributed by atoms with E-state index in [2.05, 4.69) is 10.9 Å². The van der Waals surface area contributed by atoms with Crippen molar-refractivity contribution in [1.29, 1.82) is 0 Å². The molecular weight excluding hydrogens is 326 g/mol. The molecule has 2 rings (SSSR count). The van der Waals surface area contributed by atoms with Crippen molar-refractivity contribution < 1.29 is 23.9 Å². The quantitative estimate of drug-likeness (QED) is 0.781. The summed E-state index contributed by atoms with van der Waals surface area (Å²) in [5, 5.41) is 0. The number of amides is 3. The highest BCUT2D eigenvalue weighted by Crippen LogP contribution is 2.22. The van der Waals surface area contributed by atoms with Gasteiger partial charge in [0, 0.05) is 31.6 Å². The molecule has 8 heteroatoms. The van der Waals surface area contributed by atoms with Crippen LogP contribution in [0.1, 0.15) is 30.1 Å². The monoisotopic (exact) mass is 349 g/mol. The van der Waals surface area contributed by atoms with Crippen LogP contribution < -0.4 is 20.3 Å². The molecule has 1 aliphatic rings. The van der Waals surface area contributed by atoms with E-state index in [1.54, 1.807) is 23.1 Å². The van der Waals surface area contributed by atoms with Crippen molar-refractivity contribution in [3.05, 3.63) is 23.8 Å². The predicted molar refractivity (Wildman–Crippen MR) is 90.1 cm³/mol. The third-order valence-corrected chi connectivity index (χ3v) is 4.15. The molecule has 0 unspecified atom stereocenters. The van der Waals surface area contributed by atoms with Crippen molar-refractivity contribution in [3.8, 4) is 11.5 Å². The molecule has 2 N–H and O–H groups in total. The van der Waals surface area contributed by atoms with Gasteiger partial charge >= 0.3 is 0 Å². The summed E-state index contributed by atoms with van der Waals surface area (Å²) in [7, 11) is 2.98. The number of likely N-dealkylation sites (tertiary alicyclic amines) is 1. The van der Waals surface area contributed by atoms with E-state index >= 15 is 0 Å². The number of hydrogen-bond acceptors (Lipinski definition) is 5. The van der Waals surface area contributed by atoms with Gasteiger partial charge in [-0.3, -0.25) is 25.2 Å². The lowest BCUT2D eigenvalue weighted by Gasteiger charge is -2.31. The summed E-state index contributed by atoms with van der Waals surface area (Å²) in [5.74, 6) is -0.234. The van der Waals surface area contributed by atoms with Gasteiger partial charge in [-0.2, -0.15) is 0 Å². The smallest absolute Gasteiger partial charge is 0.269 e. The highest BCUT2D eigenvalue weighted by atomic mass is 16.5. The maximum atomic E-state index is 12.2. The van der Waals surface area contributed by atoms with Gasteiger partial charge in [0.15, 0.2) is 0 Å². The number of carbonyl (C=O) groups is 3. The average Bonchev–Trinajstić information content (AvgIpc) is 2.65. The number of methoxy groups -OCH3 is 2. The van der Waals surface area contributed by atoms with Crippen molar-refractivity contribution in [2.45, 2.75) is 19.8 Å². The number of hydrazine groups is 1. The van der Waals surface area contributed by atoms with Crippen LogP contribution in [-0.4, -0.2) is 49.9 Å². The van der Waals surface area contributed by atoms with Gasteiger partial charge in [0.05, 0.1) is 20.1 Å². The molecule has 1 saturated heterocycles. The van der Waals surface area contributed by atoms with Gasteiger partial charge in [-0.25, -0.2) is 0 Å². The molecule has 1 aliphatic heterocycles. The second-order valence-electron chi connectivity index (χ2n) is 5.85. The minimum absolute atomic E-state index is 0.0509. The van der Waals surface area contributed by atoms with Crippen LogP contribution in [-0.2, 0) is 9.59 Å². The normalized spacial score (nSPS) is 16.8. The molecule has 8 nitrogen and oxygen atoms in total. The SMILES string of the molecule is COc1cc(OC)cc(C(=O)NNC(=O)[C@@H]2CCCN(C(C)=O)C2)c1. The van der Waals surface area contributed by atoms with Crippen LogP contribution in [0.2, 0.25) is 0 Å². The Morgan fingerprint density at radius 1 is 1.08 bits per heavy atom. The molecule has 1 fully saturated rings. The Bertz CT molecular complexity index is 639. The van der Waals surface area contributed by atoms with E-state index in [0.29, 0.717) is 36.6 Å². The Balaban J connectivity index is 1.95. The van der Waals surface area contributed by atoms with Crippen LogP contribution in [0.3, 0.4) is 0 Å². The van der Waals surface area contributed by atoms with E-state index in [-0.39, 0.29) is 17.7 Å². The number of carbonyl (C=O) groups excluding carboxylic acids is 3. The first kappa shape index (κ1) is 18.6. The third kappa shape index (κ3) is 4.85. The van der Waals surface area contributed by atoms with E-state index in [9.17, 15) is 14.4 Å². The molecule has 1 atom stereocenters. The molecule has 136 valence electrons. The van der Waals surface area contributed by atoms with E-state index in [4.69, 9.17) is 9.47 Å². The van der Waals surface area contributed by atoms with Gasteiger partial charge in [-0.1, -0.05) is 0 Å². The second kappa shape index (κ2) is 8.36. The van der Waals surface area contributed by atoms with Gasteiger partial charge in [-0.05, 0) is 25.0 Å². The predicted octanol–water partition coefficient (Wildman–Crippen LogP) is 0.723. The molecule has 0 radical (unpaired) electrons. The molecule has 1 heterocycles. The second-order valence-corrected chi connectivity index (χ2v) is 5.85. The number of nitrogens with zero attached hydrogens (tertiary/aromatic N) is 1. The average molecular weight is 349 g/mol. The zero-order valence-electron chi connectivity index (χ0n) is 14.6. The summed E-state index contributed by atoms with van der Waals surface area (Å²) < 4.78 is 10.2. The van der Waals surface area contributed by atoms with E-state index < -0.39 is 5.91 Å². The molecule has 0 aromatic heterocycles. The van der Waals surface area contributed by atoms with Crippen molar-refractivity contribution >= 4 is 17.7 Å². The highest BCUT2D eigenvalue weighted by Gasteiger charge is 2.27. The third-order valence-electron chi connectivity index (χ3n) is 4.15. The van der Waals surface area contributed by atoms with Crippen molar-refractivity contribution in [1.82, 2.24) is 15.8 Å². The minimum Gasteiger partial charge on any atom is -0.497 e. The first-order valence-corrected chi connectivity index (χ1v) is 8.03. The molecule has 0 aliphatic carbocycles. The van der Waals surface area contributed by atoms with Crippen LogP contribution >= 0.6 is 0 Å². The Hall–Kier alpha value is -2.77. The topological polar surface area (TPSA) is 97.0 Å². The number of benzene rings is 1. The Labute approximate surface area is 146 Å². The zero-order chi connectivity index (χ0) is 18.4. The molecule has 0 bridgehead atoms. The minimum atomic E-state index is -0.482. The molecule has 3 amide bonds. The summed E-state index contributed by atoms with van der Waals surface area (Å²) in [5.41, 5.74) is 5.11. The summed E-state index contributed by atoms with van der Waals surface area (Å²) in [6.07, 6.45) is 1.44. The molecular formula is C17H23N3O5. The van der Waals surface area contributed by atoms with E-state index in [1.165, 1.54) is 21.1 Å². The van der Waals surface area contributed by atoms with Gasteiger partial charge < -0.3 is 14.4 Å². The van der Waals surface area contributed by atoms with Gasteiger partial charge in [0.2, 0.25) is 11.8 Å². The van der Waals surface area contributed by atoms with Crippen LogP contribution in [0.15, 0.2) is 18.2 Å². The lowest BCUT2D eigenvalue weighted by Crippen LogP contribution is -2.49. The molecule has 0 saturated carbocycles. The summed E-state index contributed by atoms with van der Waals surface area (Å²) in [6, 6.07) is 4.73. The number of ether oxygens (including phenoxy) is 2. The zero-order valence-corrected chi connectivity index (χ0v) is 14.6. The summed E-state index contributed by atoms with van der Waals surface area (Å²) in [6.45, 7) is 2.51. The number of hydrogen-bond donors (Lipinski definition) is 2. The number of rotatable bonds is 4. The molecule has 25 heavy (non-hydrogen) atoms. The fourth-order valence-corrected chi connectivity index (χ4v) is 2.71. The Morgan fingerprint density at radius 2 is 1.72 bits per heavy atom. The molecule has 1 aromatic carbocycles. The fourth-order valence-electron chi connectivity index (χ4n) is 2.71. The largest absolute Gasteiger partial charge is 0.497 e. The van der Waals surface area contributed by atoms with Crippen LogP contribution in [0, 0.1) is 5.92 Å². The number of nitrogens with one attached hydrogen (secondary N) is 2. The van der Waals surface area contributed by atoms with Crippen molar-refractivity contribution in [3.63, 3.8) is 0 Å². The maximum absolute atomic E-state index is 12.2. The number of piperidine rings is 1. The van der Waals surface area contributed by atoms with Gasteiger partial charge in [0.25, 0.3) is 5.91 Å². The first-order valence-electron chi connectivity index (χ1n) is 8.03. The maximum Gasteiger partial charge on any atom is 0.269 e. The fraction of sp³-hybridized carbons (Fsp3) is 0.471. The van der Waals surface area contributed by atoms with Crippen LogP contribution in [0.25, 0.3) is 0 Å². The van der Waals surface area contributed by atoms with Gasteiger partial charge in [-0.15, -0.1) is 0 Å². The van der Waals surface area contributed by atoms with Crippen LogP contribution in [0.5, 0.6) is 11.5 Å². The van der Waals surface area contributed by atoms with E-state index in [0.717, 1.165) is 6.42 Å². The summed E-state index contributed by atoms with van der Waals surface area (Å²) >= 11 is 0. The standard InChI is InChI=1S/C17H23N3O5/c1-11(21)20-6-4-5-12(10-20)16(22)18-19-17(23)13-7-14(24-2)9-15(8-13)25-3/h7-9,12H,4-6,10H2,1-3H3,(H,18,22)(H,19,23)/t12-/m1/s1. The lowest BCUT2D eigenvalue weighted by molar-refractivity contribution is -0.134. The van der Waals surface area contributed by atoms with E-state index in [1.807, 2.05) is 0 Å². The highest BCUT2D eigenvalue weighted by molar-refractivity contribution is 5.96. The Morgan fingerprint density at radius 3 is 2.28 bits per heavy atom. The molecule has 0 spiro atoms. The van der Waals surface area contributed by atoms with Gasteiger partial charge in [0.1, 0.15) is 11.5 Å². The van der Waals surface area contributed by atoms with Crippen molar-refractivity contribution in [2.75, 3.05) is 27.3 Å². The molecule has 1 aromatic rings. The summed E-state index contributed by atoms with van der Waals surface area (Å²) in [4.78, 5) is 37.6. The Kier molecular flexibility index (Phi) is 6.21.